The van der Waals surface area contributed by atoms with Gasteiger partial charge in [-0.1, -0.05) is 0 Å². The molecule has 1 aliphatic rings. The molecule has 0 saturated heterocycles. The molecule has 1 aliphatic heterocycles. The maximum Gasteiger partial charge on any atom is 0.230 e. The van der Waals surface area contributed by atoms with Crippen molar-refractivity contribution in [1.29, 1.82) is 0 Å². The topological polar surface area (TPSA) is 91.5 Å². The first-order valence-corrected chi connectivity index (χ1v) is 8.71. The fourth-order valence-electron chi connectivity index (χ4n) is 3.82. The molecule has 0 radical (unpaired) electrons. The quantitative estimate of drug-likeness (QED) is 0.451. The van der Waals surface area contributed by atoms with Crippen molar-refractivity contribution < 1.29 is 13.6 Å². The summed E-state index contributed by atoms with van der Waals surface area (Å²) in [6, 6.07) is 3.74. The van der Waals surface area contributed by atoms with E-state index in [9.17, 15) is 0 Å². The molecule has 0 atom stereocenters. The van der Waals surface area contributed by atoms with Crippen molar-refractivity contribution in [3.8, 4) is 11.5 Å². The summed E-state index contributed by atoms with van der Waals surface area (Å²) < 4.78 is 19.4. The molecular formula is C19H15N5O3. The maximum absolute atomic E-state index is 6.12. The highest BCUT2D eigenvalue weighted by Crippen LogP contribution is 2.41. The first-order chi connectivity index (χ1) is 13.1. The standard InChI is InChI=1S/C19H15N5O3/c1-19(2)6-10-11(7-26-19)14(12-4-3-5-25-12)23-18-13(10)15-16(27-18)17-20-8-22-24(17)9-21-15/h3-5,8-9H,6-7H2,1-2H3. The molecule has 134 valence electrons. The minimum atomic E-state index is -0.287. The average molecular weight is 361 g/mol. The number of furan rings is 2. The number of aromatic nitrogens is 5. The number of nitrogens with zero attached hydrogens (tertiary/aromatic N) is 5. The molecule has 5 aromatic heterocycles. The number of hydrogen-bond acceptors (Lipinski definition) is 7. The van der Waals surface area contributed by atoms with Crippen molar-refractivity contribution in [3.63, 3.8) is 0 Å². The van der Waals surface area contributed by atoms with E-state index in [1.165, 1.54) is 6.33 Å². The molecule has 0 aliphatic carbocycles. The molecule has 0 spiro atoms. The Morgan fingerprint density at radius 3 is 2.96 bits per heavy atom. The van der Waals surface area contributed by atoms with Crippen molar-refractivity contribution in [2.45, 2.75) is 32.5 Å². The Bertz CT molecular complexity index is 1330. The van der Waals surface area contributed by atoms with Gasteiger partial charge in [0, 0.05) is 12.0 Å². The smallest absolute Gasteiger partial charge is 0.230 e. The molecule has 0 unspecified atom stereocenters. The van der Waals surface area contributed by atoms with Crippen LogP contribution in [-0.4, -0.2) is 30.2 Å². The van der Waals surface area contributed by atoms with Crippen LogP contribution >= 0.6 is 0 Å². The second kappa shape index (κ2) is 4.92. The number of fused-ring (bicyclic) bond motifs is 7. The lowest BCUT2D eigenvalue weighted by molar-refractivity contribution is -0.0395. The minimum absolute atomic E-state index is 0.287. The normalized spacial score (nSPS) is 16.4. The van der Waals surface area contributed by atoms with Crippen molar-refractivity contribution in [1.82, 2.24) is 24.6 Å². The van der Waals surface area contributed by atoms with Crippen molar-refractivity contribution >= 4 is 27.8 Å². The third kappa shape index (κ3) is 2.01. The van der Waals surface area contributed by atoms with Crippen LogP contribution in [0.5, 0.6) is 0 Å². The lowest BCUT2D eigenvalue weighted by Crippen LogP contribution is -2.32. The van der Waals surface area contributed by atoms with Gasteiger partial charge in [-0.15, -0.1) is 0 Å². The maximum atomic E-state index is 6.12. The summed E-state index contributed by atoms with van der Waals surface area (Å²) in [7, 11) is 0. The summed E-state index contributed by atoms with van der Waals surface area (Å²) in [5, 5.41) is 5.05. The van der Waals surface area contributed by atoms with Gasteiger partial charge < -0.3 is 13.6 Å². The van der Waals surface area contributed by atoms with Crippen LogP contribution in [0.25, 0.3) is 39.3 Å². The lowest BCUT2D eigenvalue weighted by atomic mass is 9.89. The van der Waals surface area contributed by atoms with Crippen LogP contribution in [-0.2, 0) is 17.8 Å². The molecule has 0 fully saturated rings. The molecule has 0 N–H and O–H groups in total. The van der Waals surface area contributed by atoms with Crippen LogP contribution in [0.15, 0.2) is 39.9 Å². The van der Waals surface area contributed by atoms with Crippen LogP contribution in [0.4, 0.5) is 0 Å². The molecule has 0 saturated carbocycles. The van der Waals surface area contributed by atoms with Gasteiger partial charge >= 0.3 is 0 Å². The summed E-state index contributed by atoms with van der Waals surface area (Å²) in [6.45, 7) is 4.63. The summed E-state index contributed by atoms with van der Waals surface area (Å²) in [5.74, 6) is 0.692. The first kappa shape index (κ1) is 14.9. The van der Waals surface area contributed by atoms with Crippen LogP contribution in [0.3, 0.4) is 0 Å². The number of hydrogen-bond donors (Lipinski definition) is 0. The third-order valence-corrected chi connectivity index (χ3v) is 5.07. The van der Waals surface area contributed by atoms with Gasteiger partial charge in [0.25, 0.3) is 0 Å². The zero-order valence-electron chi connectivity index (χ0n) is 14.8. The zero-order chi connectivity index (χ0) is 18.2. The Morgan fingerprint density at radius 2 is 2.11 bits per heavy atom. The highest BCUT2D eigenvalue weighted by Gasteiger charge is 2.33. The van der Waals surface area contributed by atoms with E-state index in [4.69, 9.17) is 18.6 Å². The Balaban J connectivity index is 1.78. The van der Waals surface area contributed by atoms with E-state index in [0.717, 1.165) is 34.1 Å². The van der Waals surface area contributed by atoms with Crippen LogP contribution in [0.2, 0.25) is 0 Å². The van der Waals surface area contributed by atoms with E-state index in [1.54, 1.807) is 17.1 Å². The summed E-state index contributed by atoms with van der Waals surface area (Å²) in [4.78, 5) is 13.7. The highest BCUT2D eigenvalue weighted by molar-refractivity contribution is 6.08. The molecule has 8 heteroatoms. The average Bonchev–Trinajstić information content (AvgIpc) is 3.37. The molecule has 0 aromatic carbocycles. The van der Waals surface area contributed by atoms with Gasteiger partial charge in [0.2, 0.25) is 16.9 Å². The molecule has 6 rings (SSSR count). The van der Waals surface area contributed by atoms with Crippen molar-refractivity contribution in [2.75, 3.05) is 0 Å². The van der Waals surface area contributed by atoms with E-state index in [1.807, 2.05) is 12.1 Å². The molecule has 0 amide bonds. The first-order valence-electron chi connectivity index (χ1n) is 8.71. The largest absolute Gasteiger partial charge is 0.463 e. The zero-order valence-corrected chi connectivity index (χ0v) is 14.8. The lowest BCUT2D eigenvalue weighted by Gasteiger charge is -2.32. The third-order valence-electron chi connectivity index (χ3n) is 5.07. The molecule has 8 nitrogen and oxygen atoms in total. The van der Waals surface area contributed by atoms with Crippen LogP contribution in [0, 0.1) is 0 Å². The summed E-state index contributed by atoms with van der Waals surface area (Å²) in [6.07, 6.45) is 5.50. The SMILES string of the molecule is CC1(C)Cc2c(c(-c3ccco3)nc3oc4c(ncn5ncnc45)c23)CO1. The number of pyridine rings is 1. The molecule has 0 bridgehead atoms. The second-order valence-corrected chi connectivity index (χ2v) is 7.35. The van der Waals surface area contributed by atoms with Gasteiger partial charge in [-0.25, -0.2) is 15.0 Å². The second-order valence-electron chi connectivity index (χ2n) is 7.35. The van der Waals surface area contributed by atoms with Gasteiger partial charge in [-0.3, -0.25) is 0 Å². The molecule has 27 heavy (non-hydrogen) atoms. The van der Waals surface area contributed by atoms with Gasteiger partial charge in [0.1, 0.15) is 23.9 Å². The number of ether oxygens (including phenoxy) is 1. The highest BCUT2D eigenvalue weighted by atomic mass is 16.5. The van der Waals surface area contributed by atoms with Crippen LogP contribution in [0.1, 0.15) is 25.0 Å². The fraction of sp³-hybridized carbons (Fsp3) is 0.263. The minimum Gasteiger partial charge on any atom is -0.463 e. The Kier molecular flexibility index (Phi) is 2.71. The Hall–Kier alpha value is -3.26. The van der Waals surface area contributed by atoms with E-state index < -0.39 is 0 Å². The Labute approximate surface area is 152 Å². The molecular weight excluding hydrogens is 346 g/mol. The fourth-order valence-corrected chi connectivity index (χ4v) is 3.82. The van der Waals surface area contributed by atoms with Crippen LogP contribution < -0.4 is 0 Å². The predicted octanol–water partition coefficient (Wildman–Crippen LogP) is 3.53. The van der Waals surface area contributed by atoms with E-state index in [2.05, 4.69) is 28.9 Å². The molecule has 6 heterocycles. The van der Waals surface area contributed by atoms with Gasteiger partial charge in [-0.2, -0.15) is 9.61 Å². The summed E-state index contributed by atoms with van der Waals surface area (Å²) in [5.41, 5.74) is 5.09. The Morgan fingerprint density at radius 1 is 1.19 bits per heavy atom. The van der Waals surface area contributed by atoms with Crippen molar-refractivity contribution in [2.24, 2.45) is 0 Å². The van der Waals surface area contributed by atoms with Gasteiger partial charge in [-0.05, 0) is 31.5 Å². The molecule has 5 aromatic rings. The number of rotatable bonds is 1. The van der Waals surface area contributed by atoms with Crippen molar-refractivity contribution in [3.05, 3.63) is 42.2 Å². The van der Waals surface area contributed by atoms with E-state index >= 15 is 0 Å². The monoisotopic (exact) mass is 361 g/mol. The van der Waals surface area contributed by atoms with Gasteiger partial charge in [0.05, 0.1) is 23.9 Å². The van der Waals surface area contributed by atoms with E-state index in [0.29, 0.717) is 29.3 Å². The summed E-state index contributed by atoms with van der Waals surface area (Å²) >= 11 is 0. The predicted molar refractivity (Wildman–Crippen MR) is 96.1 cm³/mol. The van der Waals surface area contributed by atoms with Gasteiger partial charge in [0.15, 0.2) is 5.76 Å². The van der Waals surface area contributed by atoms with E-state index in [-0.39, 0.29) is 5.60 Å².